The van der Waals surface area contributed by atoms with Gasteiger partial charge >= 0.3 is 0 Å². The van der Waals surface area contributed by atoms with E-state index in [1.807, 2.05) is 31.2 Å². The second-order valence-corrected chi connectivity index (χ2v) is 4.30. The molecule has 0 aliphatic rings. The summed E-state index contributed by atoms with van der Waals surface area (Å²) in [7, 11) is 0. The summed E-state index contributed by atoms with van der Waals surface area (Å²) in [6.07, 6.45) is 1.20. The minimum Gasteiger partial charge on any atom is -0.399 e. The van der Waals surface area contributed by atoms with E-state index < -0.39 is 0 Å². The van der Waals surface area contributed by atoms with Gasteiger partial charge in [-0.05, 0) is 30.5 Å². The van der Waals surface area contributed by atoms with E-state index in [0.717, 1.165) is 11.3 Å². The van der Waals surface area contributed by atoms with Gasteiger partial charge in [-0.1, -0.05) is 19.1 Å². The Labute approximate surface area is 109 Å². The largest absolute Gasteiger partial charge is 0.399 e. The first-order chi connectivity index (χ1) is 8.63. The van der Waals surface area contributed by atoms with Crippen molar-refractivity contribution in [2.45, 2.75) is 32.6 Å². The number of carbonyl (C=O) groups excluding carboxylic acids is 1. The van der Waals surface area contributed by atoms with Crippen molar-refractivity contribution in [3.05, 3.63) is 29.8 Å². The second kappa shape index (κ2) is 7.39. The molecule has 1 aromatic rings. The number of nitrogens with two attached hydrogens (primary N) is 1. The number of benzene rings is 1. The number of anilines is 1. The van der Waals surface area contributed by atoms with E-state index in [1.165, 1.54) is 0 Å². The summed E-state index contributed by atoms with van der Waals surface area (Å²) in [5, 5.41) is 2.86. The van der Waals surface area contributed by atoms with E-state index >= 15 is 0 Å². The zero-order valence-corrected chi connectivity index (χ0v) is 11.0. The maximum atomic E-state index is 11.7. The van der Waals surface area contributed by atoms with Crippen molar-refractivity contribution in [1.82, 2.24) is 5.32 Å². The Balaban J connectivity index is 2.38. The summed E-state index contributed by atoms with van der Waals surface area (Å²) in [5.41, 5.74) is 7.51. The highest BCUT2D eigenvalue weighted by molar-refractivity contribution is 5.76. The molecular formula is C15H20N2O. The molecule has 0 aliphatic carbocycles. The lowest BCUT2D eigenvalue weighted by molar-refractivity contribution is -0.121. The molecule has 1 unspecified atom stereocenters. The van der Waals surface area contributed by atoms with E-state index in [2.05, 4.69) is 17.2 Å². The fourth-order valence-corrected chi connectivity index (χ4v) is 1.68. The van der Waals surface area contributed by atoms with Crippen molar-refractivity contribution in [3.63, 3.8) is 0 Å². The SMILES string of the molecule is CC#CCCNC(=O)CC(C)c1ccc(N)cc1. The summed E-state index contributed by atoms with van der Waals surface area (Å²) < 4.78 is 0. The van der Waals surface area contributed by atoms with E-state index in [9.17, 15) is 4.79 Å². The van der Waals surface area contributed by atoms with Gasteiger partial charge < -0.3 is 11.1 Å². The fraction of sp³-hybridized carbons (Fsp3) is 0.400. The number of carbonyl (C=O) groups is 1. The van der Waals surface area contributed by atoms with E-state index in [-0.39, 0.29) is 11.8 Å². The molecule has 3 N–H and O–H groups in total. The quantitative estimate of drug-likeness (QED) is 0.474. The van der Waals surface area contributed by atoms with E-state index in [1.54, 1.807) is 6.92 Å². The molecule has 96 valence electrons. The first-order valence-corrected chi connectivity index (χ1v) is 6.15. The Bertz CT molecular complexity index is 440. The molecule has 0 spiro atoms. The smallest absolute Gasteiger partial charge is 0.220 e. The van der Waals surface area contributed by atoms with Crippen LogP contribution in [-0.4, -0.2) is 12.5 Å². The summed E-state index contributed by atoms with van der Waals surface area (Å²) >= 11 is 0. The molecule has 0 radical (unpaired) electrons. The third kappa shape index (κ3) is 4.92. The summed E-state index contributed by atoms with van der Waals surface area (Å²) in [5.74, 6) is 5.98. The summed E-state index contributed by atoms with van der Waals surface area (Å²) in [6.45, 7) is 4.45. The Morgan fingerprint density at radius 3 is 2.67 bits per heavy atom. The molecule has 1 amide bonds. The molecule has 0 heterocycles. The molecule has 3 nitrogen and oxygen atoms in total. The molecule has 0 saturated heterocycles. The van der Waals surface area contributed by atoms with Gasteiger partial charge in [0.05, 0.1) is 0 Å². The maximum Gasteiger partial charge on any atom is 0.220 e. The van der Waals surface area contributed by atoms with Gasteiger partial charge in [-0.3, -0.25) is 4.79 Å². The zero-order chi connectivity index (χ0) is 13.4. The Hall–Kier alpha value is -1.95. The van der Waals surface area contributed by atoms with Crippen LogP contribution in [0.1, 0.15) is 38.2 Å². The van der Waals surface area contributed by atoms with Crippen molar-refractivity contribution < 1.29 is 4.79 Å². The van der Waals surface area contributed by atoms with Crippen molar-refractivity contribution in [1.29, 1.82) is 0 Å². The molecule has 1 aromatic carbocycles. The molecule has 0 aromatic heterocycles. The van der Waals surface area contributed by atoms with Gasteiger partial charge in [0.25, 0.3) is 0 Å². The first kappa shape index (κ1) is 14.1. The average Bonchev–Trinajstić information content (AvgIpc) is 2.35. The highest BCUT2D eigenvalue weighted by Gasteiger charge is 2.10. The minimum absolute atomic E-state index is 0.0669. The van der Waals surface area contributed by atoms with Gasteiger partial charge in [0, 0.05) is 25.1 Å². The van der Waals surface area contributed by atoms with Crippen molar-refractivity contribution >= 4 is 11.6 Å². The maximum absolute atomic E-state index is 11.7. The van der Waals surface area contributed by atoms with Gasteiger partial charge in [0.2, 0.25) is 5.91 Å². The zero-order valence-electron chi connectivity index (χ0n) is 11.0. The Morgan fingerprint density at radius 2 is 2.06 bits per heavy atom. The lowest BCUT2D eigenvalue weighted by atomic mass is 9.97. The number of rotatable bonds is 5. The van der Waals surface area contributed by atoms with Crippen LogP contribution in [0, 0.1) is 11.8 Å². The van der Waals surface area contributed by atoms with E-state index in [4.69, 9.17) is 5.73 Å². The predicted molar refractivity (Wildman–Crippen MR) is 75.0 cm³/mol. The van der Waals surface area contributed by atoms with Crippen molar-refractivity contribution in [2.75, 3.05) is 12.3 Å². The van der Waals surface area contributed by atoms with E-state index in [0.29, 0.717) is 19.4 Å². The number of amides is 1. The molecule has 3 heteroatoms. The molecular weight excluding hydrogens is 224 g/mol. The molecule has 0 saturated carbocycles. The molecule has 0 aliphatic heterocycles. The van der Waals surface area contributed by atoms with Crippen molar-refractivity contribution in [2.24, 2.45) is 0 Å². The number of nitrogen functional groups attached to an aromatic ring is 1. The van der Waals surface area contributed by atoms with Crippen LogP contribution in [0.15, 0.2) is 24.3 Å². The number of nitrogens with one attached hydrogen (secondary N) is 1. The highest BCUT2D eigenvalue weighted by atomic mass is 16.1. The van der Waals surface area contributed by atoms with Crippen LogP contribution in [0.4, 0.5) is 5.69 Å². The van der Waals surface area contributed by atoms with Gasteiger partial charge in [-0.25, -0.2) is 0 Å². The lowest BCUT2D eigenvalue weighted by Crippen LogP contribution is -2.25. The fourth-order valence-electron chi connectivity index (χ4n) is 1.68. The third-order valence-electron chi connectivity index (χ3n) is 2.75. The molecule has 0 fully saturated rings. The Kier molecular flexibility index (Phi) is 5.79. The van der Waals surface area contributed by atoms with Gasteiger partial charge in [0.1, 0.15) is 0 Å². The van der Waals surface area contributed by atoms with Crippen LogP contribution in [0.2, 0.25) is 0 Å². The monoisotopic (exact) mass is 244 g/mol. The van der Waals surface area contributed by atoms with Crippen LogP contribution in [0.3, 0.4) is 0 Å². The normalized spacial score (nSPS) is 11.2. The second-order valence-electron chi connectivity index (χ2n) is 4.30. The lowest BCUT2D eigenvalue weighted by Gasteiger charge is -2.11. The summed E-state index contributed by atoms with van der Waals surface area (Å²) in [4.78, 5) is 11.7. The van der Waals surface area contributed by atoms with Crippen LogP contribution < -0.4 is 11.1 Å². The van der Waals surface area contributed by atoms with Crippen LogP contribution in [0.25, 0.3) is 0 Å². The molecule has 18 heavy (non-hydrogen) atoms. The molecule has 1 atom stereocenters. The standard InChI is InChI=1S/C15H20N2O/c1-3-4-5-10-17-15(18)11-12(2)13-6-8-14(16)9-7-13/h6-9,12H,5,10-11,16H2,1-2H3,(H,17,18). The number of hydrogen-bond acceptors (Lipinski definition) is 2. The molecule has 1 rings (SSSR count). The average molecular weight is 244 g/mol. The van der Waals surface area contributed by atoms with Gasteiger partial charge in [-0.15, -0.1) is 11.8 Å². The topological polar surface area (TPSA) is 55.1 Å². The molecule has 0 bridgehead atoms. The van der Waals surface area contributed by atoms with Crippen LogP contribution in [0.5, 0.6) is 0 Å². The minimum atomic E-state index is 0.0669. The van der Waals surface area contributed by atoms with Gasteiger partial charge in [-0.2, -0.15) is 0 Å². The first-order valence-electron chi connectivity index (χ1n) is 6.15. The highest BCUT2D eigenvalue weighted by Crippen LogP contribution is 2.19. The van der Waals surface area contributed by atoms with Gasteiger partial charge in [0.15, 0.2) is 0 Å². The van der Waals surface area contributed by atoms with Crippen molar-refractivity contribution in [3.8, 4) is 11.8 Å². The van der Waals surface area contributed by atoms with Crippen LogP contribution in [-0.2, 0) is 4.79 Å². The third-order valence-corrected chi connectivity index (χ3v) is 2.75. The number of hydrogen-bond donors (Lipinski definition) is 2. The predicted octanol–water partition coefficient (Wildman–Crippen LogP) is 2.29. The van der Waals surface area contributed by atoms with Crippen LogP contribution >= 0.6 is 0 Å². The Morgan fingerprint density at radius 1 is 1.39 bits per heavy atom. The summed E-state index contributed by atoms with van der Waals surface area (Å²) in [6, 6.07) is 7.66.